The Hall–Kier alpha value is -7.70. The van der Waals surface area contributed by atoms with Gasteiger partial charge in [-0.1, -0.05) is 12.1 Å². The van der Waals surface area contributed by atoms with Gasteiger partial charge in [0.1, 0.15) is 5.60 Å². The van der Waals surface area contributed by atoms with Crippen LogP contribution in [0.3, 0.4) is 0 Å². The van der Waals surface area contributed by atoms with Crippen LogP contribution in [0, 0.1) is 23.7 Å². The second-order valence-electron chi connectivity index (χ2n) is 27.5. The van der Waals surface area contributed by atoms with Gasteiger partial charge in [0.2, 0.25) is 53.6 Å². The molecule has 3 amide bonds. The number of urea groups is 1. The first-order valence-electron chi connectivity index (χ1n) is 33.7. The highest BCUT2D eigenvalue weighted by Crippen LogP contribution is 2.40. The van der Waals surface area contributed by atoms with Crippen molar-refractivity contribution in [3.8, 4) is 23.5 Å². The van der Waals surface area contributed by atoms with Crippen molar-refractivity contribution in [1.82, 2.24) is 59.0 Å². The fraction of sp³-hybridized carbons (Fsp3) is 0.594. The number of ether oxygens (including phenoxy) is 5. The van der Waals surface area contributed by atoms with E-state index >= 15 is 0 Å². The monoisotopic (exact) mass is 1520 g/mol. The van der Waals surface area contributed by atoms with Crippen LogP contribution in [0.25, 0.3) is 0 Å². The highest BCUT2D eigenvalue weighted by Gasteiger charge is 2.35. The number of nitrogens with one attached hydrogen (secondary N) is 3. The van der Waals surface area contributed by atoms with E-state index in [1.807, 2.05) is 28.2 Å². The van der Waals surface area contributed by atoms with Gasteiger partial charge < -0.3 is 65.8 Å². The van der Waals surface area contributed by atoms with Gasteiger partial charge in [-0.05, 0) is 171 Å². The number of sulfonamides is 4. The van der Waals surface area contributed by atoms with Crippen molar-refractivity contribution in [3.63, 3.8) is 0 Å². The molecule has 0 fully saturated rings. The summed E-state index contributed by atoms with van der Waals surface area (Å²) in [5, 5.41) is 50.7. The first-order chi connectivity index (χ1) is 48.6. The molecule has 4 aromatic heterocycles. The van der Waals surface area contributed by atoms with Crippen molar-refractivity contribution < 1.29 is 77.2 Å². The Morgan fingerprint density at radius 2 is 0.864 bits per heavy atom. The van der Waals surface area contributed by atoms with Crippen LogP contribution in [0.5, 0.6) is 23.5 Å². The minimum Gasteiger partial charge on any atom is -0.476 e. The van der Waals surface area contributed by atoms with Crippen LogP contribution in [-0.2, 0) is 122 Å². The molecule has 39 heteroatoms. The lowest BCUT2D eigenvalue weighted by molar-refractivity contribution is 0.0502. The lowest BCUT2D eigenvalue weighted by atomic mass is 9.99. The number of benzene rings is 2. The normalized spacial score (nSPS) is 18.7. The van der Waals surface area contributed by atoms with Gasteiger partial charge in [-0.3, -0.25) is 0 Å². The first-order valence-corrected chi connectivity index (χ1v) is 39.9. The molecular weight excluding hydrogens is 1420 g/mol. The zero-order valence-corrected chi connectivity index (χ0v) is 63.0. The molecule has 0 radical (unpaired) electrons. The Bertz CT molecular complexity index is 4370. The summed E-state index contributed by atoms with van der Waals surface area (Å²) in [6, 6.07) is 3.94. The number of carbonyl (C=O) groups is 2. The molecule has 35 nitrogen and oxygen atoms in total. The van der Waals surface area contributed by atoms with Crippen LogP contribution < -0.4 is 61.2 Å². The molecule has 0 saturated heterocycles. The summed E-state index contributed by atoms with van der Waals surface area (Å²) in [5.74, 6) is 1.40. The average Bonchev–Trinajstić information content (AvgIpc) is 1.68. The van der Waals surface area contributed by atoms with Gasteiger partial charge in [0.25, 0.3) is 10.0 Å². The number of rotatable bonds is 13. The highest BCUT2D eigenvalue weighted by atomic mass is 32.2. The Morgan fingerprint density at radius 1 is 0.534 bits per heavy atom. The van der Waals surface area contributed by atoms with E-state index in [2.05, 4.69) is 57.7 Å². The number of amides is 3. The third-order valence-corrected chi connectivity index (χ3v) is 21.8. The fourth-order valence-corrected chi connectivity index (χ4v) is 16.3. The number of aromatic nitrogens is 8. The number of nitrogens with zero attached hydrogens (tertiary/aromatic N) is 10. The highest BCUT2D eigenvalue weighted by molar-refractivity contribution is 7.90. The SMILES string of the molecule is CC(C)(C)OC(=O)NCC1COc2c(S(N)(=O)=O)cnn2C1.CN(C)CC1COc2c(S(=O)(=O)NC(=O)Nc3c4c(cc5c3CCC5)CCC4)cnn2C1.CN(C)CC1COc2c(S(N)(=O)=O)cnn2C1.CO.CO.NCC1COc2c(S(N)(=O)=O)cnn2C1.Nc1c2c(cc3c1CCC3)CCC2. The molecule has 15 N–H and O–H groups in total. The maximum atomic E-state index is 13.0. The number of aryl methyl sites for hydroxylation is 4. The number of nitrogen functional groups attached to an aromatic ring is 1. The summed E-state index contributed by atoms with van der Waals surface area (Å²) in [7, 11) is -5.59. The number of anilines is 2. The third kappa shape index (κ3) is 20.6. The molecule has 572 valence electrons. The molecule has 4 unspecified atom stereocenters. The van der Waals surface area contributed by atoms with E-state index in [-0.39, 0.29) is 67.5 Å². The quantitative estimate of drug-likeness (QED) is 0.0723. The van der Waals surface area contributed by atoms with Gasteiger partial charge in [-0.2, -0.15) is 20.4 Å². The number of fused-ring (bicyclic) bond motifs is 8. The topological polar surface area (TPSA) is 501 Å². The van der Waals surface area contributed by atoms with Crippen molar-refractivity contribution in [2.75, 3.05) is 106 Å². The predicted molar refractivity (Wildman–Crippen MR) is 380 cm³/mol. The van der Waals surface area contributed by atoms with Gasteiger partial charge in [0.15, 0.2) is 19.6 Å². The van der Waals surface area contributed by atoms with Crippen LogP contribution in [0.15, 0.2) is 56.5 Å². The standard InChI is InChI=1S/C22H29N5O4S.C12H20N4O5S.C12H15N.C9H16N4O3S.C7H12N4O3S.2CH4O/c1-26(2)11-14-12-27-21(31-13-14)19(10-23-27)32(29,30)25-22(28)24-20-17-7-3-5-15(17)9-16-6-4-8-18(16)20;1-12(2,3)21-11(17)14-4-8-6-16-10(20-7-8)9(5-15-16)22(13,18)19;13-12-10-5-1-3-8(10)7-9-4-2-6-11(9)12;1-12(2)4-7-5-13-9(16-6-7)8(3-11-13)17(10,14)15;8-1-5-3-11-7(14-4-5)6(2-10-11)15(9,12)13;2*1-2/h9-10,14H,3-8,11-13H2,1-2H3,(H2,24,25,28);5,8H,4,6-7H2,1-3H3,(H,14,17)(H2,13,18,19);7H,1-6,13H2;3,7H,4-6H2,1-2H3,(H2,10,14,15);2,5H,1,3-4,8H2,(H2,9,12,13);2*2H,1H3. The van der Waals surface area contributed by atoms with Crippen molar-refractivity contribution in [1.29, 1.82) is 0 Å². The van der Waals surface area contributed by atoms with E-state index in [1.165, 1.54) is 99.9 Å². The van der Waals surface area contributed by atoms with Crippen LogP contribution in [0.1, 0.15) is 91.0 Å². The molecule has 0 spiro atoms. The molecule has 0 bridgehead atoms. The number of alkyl carbamates (subject to hydrolysis) is 1. The smallest absolute Gasteiger partial charge is 0.407 e. The van der Waals surface area contributed by atoms with E-state index in [4.69, 9.17) is 60.8 Å². The first kappa shape index (κ1) is 81.0. The van der Waals surface area contributed by atoms with E-state index < -0.39 is 57.8 Å². The summed E-state index contributed by atoms with van der Waals surface area (Å²) < 4.78 is 129. The summed E-state index contributed by atoms with van der Waals surface area (Å²) >= 11 is 0. The number of hydrogen-bond acceptors (Lipinski definition) is 25. The lowest BCUT2D eigenvalue weighted by Gasteiger charge is -2.26. The van der Waals surface area contributed by atoms with Gasteiger partial charge in [0, 0.05) is 75.4 Å². The molecule has 103 heavy (non-hydrogen) atoms. The fourth-order valence-electron chi connectivity index (χ4n) is 13.5. The summed E-state index contributed by atoms with van der Waals surface area (Å²) in [6.07, 6.45) is 17.8. The summed E-state index contributed by atoms with van der Waals surface area (Å²) in [4.78, 5) is 28.1. The lowest BCUT2D eigenvalue weighted by Crippen LogP contribution is -2.39. The zero-order valence-electron chi connectivity index (χ0n) is 59.8. The van der Waals surface area contributed by atoms with Crippen LogP contribution in [0.4, 0.5) is 21.0 Å². The van der Waals surface area contributed by atoms with E-state index in [0.717, 1.165) is 94.5 Å². The van der Waals surface area contributed by atoms with Crippen molar-refractivity contribution in [2.24, 2.45) is 44.8 Å². The van der Waals surface area contributed by atoms with Crippen LogP contribution >= 0.6 is 0 Å². The molecule has 4 aliphatic heterocycles. The van der Waals surface area contributed by atoms with Gasteiger partial charge in [0.05, 0.1) is 77.4 Å². The number of nitrogens with two attached hydrogens (primary N) is 5. The molecule has 6 aromatic rings. The molecule has 14 rings (SSSR count). The van der Waals surface area contributed by atoms with Crippen molar-refractivity contribution in [2.45, 2.75) is 149 Å². The Kier molecular flexibility index (Phi) is 27.1. The molecule has 2 aromatic carbocycles. The molecular formula is C64H100N18O17S4. The third-order valence-electron chi connectivity index (χ3n) is 17.8. The predicted octanol–water partition coefficient (Wildman–Crippen LogP) is 1.07. The maximum Gasteiger partial charge on any atom is 0.407 e. The second-order valence-corrected chi connectivity index (χ2v) is 33.8. The van der Waals surface area contributed by atoms with E-state index in [1.54, 1.807) is 30.1 Å². The number of hydrogen-bond donors (Lipinski definition) is 10. The van der Waals surface area contributed by atoms with Crippen molar-refractivity contribution >= 4 is 63.6 Å². The molecule has 4 aliphatic carbocycles. The Balaban J connectivity index is 0.000000167. The second kappa shape index (κ2) is 34.5. The number of aliphatic hydroxyl groups is 2. The van der Waals surface area contributed by atoms with Gasteiger partial charge in [-0.25, -0.2) is 82.1 Å². The Morgan fingerprint density at radius 3 is 1.23 bits per heavy atom. The molecule has 8 heterocycles. The zero-order chi connectivity index (χ0) is 75.5. The van der Waals surface area contributed by atoms with Crippen molar-refractivity contribution in [3.05, 3.63) is 81.4 Å². The minimum absolute atomic E-state index is 0.0409. The molecule has 8 aliphatic rings. The van der Waals surface area contributed by atoms with E-state index in [9.17, 15) is 43.3 Å². The van der Waals surface area contributed by atoms with Crippen LogP contribution in [0.2, 0.25) is 0 Å². The van der Waals surface area contributed by atoms with Crippen LogP contribution in [-0.4, -0.2) is 206 Å². The minimum atomic E-state index is -4.13. The Labute approximate surface area is 601 Å². The van der Waals surface area contributed by atoms with Gasteiger partial charge in [-0.15, -0.1) is 0 Å². The molecule has 0 saturated carbocycles. The molecule has 4 atom stereocenters. The number of aliphatic hydroxyl groups excluding tert-OH is 2. The number of carbonyl (C=O) groups excluding carboxylic acids is 2. The van der Waals surface area contributed by atoms with Gasteiger partial charge >= 0.3 is 12.1 Å². The average molecular weight is 1520 g/mol. The number of primary sulfonamides is 3. The largest absolute Gasteiger partial charge is 0.476 e. The summed E-state index contributed by atoms with van der Waals surface area (Å²) in [6.45, 7) is 11.5. The summed E-state index contributed by atoms with van der Waals surface area (Å²) in [5.41, 5.74) is 23.9. The van der Waals surface area contributed by atoms with E-state index in [0.29, 0.717) is 65.0 Å². The maximum absolute atomic E-state index is 13.0.